The average Bonchev–Trinajstić information content (AvgIpc) is 2.98. The summed E-state index contributed by atoms with van der Waals surface area (Å²) in [5.41, 5.74) is 2.89. The van der Waals surface area contributed by atoms with Crippen molar-refractivity contribution in [3.8, 4) is 11.5 Å². The van der Waals surface area contributed by atoms with Crippen molar-refractivity contribution in [2.75, 3.05) is 37.9 Å². The molecule has 0 saturated heterocycles. The maximum atomic E-state index is 14.3. The van der Waals surface area contributed by atoms with Gasteiger partial charge in [0.05, 0.1) is 26.2 Å². The van der Waals surface area contributed by atoms with Gasteiger partial charge in [0, 0.05) is 25.6 Å². The number of carbonyl (C=O) groups is 2. The molecule has 0 saturated carbocycles. The number of benzene rings is 3. The number of amides is 2. The van der Waals surface area contributed by atoms with Gasteiger partial charge in [-0.25, -0.2) is 8.42 Å². The molecule has 42 heavy (non-hydrogen) atoms. The zero-order chi connectivity index (χ0) is 30.7. The third-order valence-corrected chi connectivity index (χ3v) is 8.16. The van der Waals surface area contributed by atoms with Crippen LogP contribution in [0.15, 0.2) is 72.8 Å². The topological polar surface area (TPSA) is 105 Å². The number of hydrogen-bond acceptors (Lipinski definition) is 6. The first-order valence-electron chi connectivity index (χ1n) is 13.9. The fraction of sp³-hybridized carbons (Fsp3) is 0.375. The van der Waals surface area contributed by atoms with Gasteiger partial charge in [-0.15, -0.1) is 0 Å². The van der Waals surface area contributed by atoms with E-state index in [0.717, 1.165) is 40.1 Å². The number of methoxy groups -OCH3 is 2. The van der Waals surface area contributed by atoms with Crippen molar-refractivity contribution < 1.29 is 27.5 Å². The van der Waals surface area contributed by atoms with E-state index in [1.807, 2.05) is 68.4 Å². The summed E-state index contributed by atoms with van der Waals surface area (Å²) in [5, 5.41) is 2.99. The van der Waals surface area contributed by atoms with Crippen LogP contribution < -0.4 is 19.1 Å². The molecular weight excluding hydrogens is 554 g/mol. The van der Waals surface area contributed by atoms with Crippen LogP contribution in [0.25, 0.3) is 0 Å². The van der Waals surface area contributed by atoms with Crippen molar-refractivity contribution in [1.82, 2.24) is 10.2 Å². The van der Waals surface area contributed by atoms with Gasteiger partial charge in [-0.2, -0.15) is 0 Å². The zero-order valence-corrected chi connectivity index (χ0v) is 25.8. The number of hydrogen-bond donors (Lipinski definition) is 1. The lowest BCUT2D eigenvalue weighted by molar-refractivity contribution is -0.140. The molecule has 3 rings (SSSR count). The molecule has 1 N–H and O–H groups in total. The van der Waals surface area contributed by atoms with Gasteiger partial charge in [-0.05, 0) is 42.2 Å². The van der Waals surface area contributed by atoms with E-state index in [1.165, 1.54) is 25.2 Å². The molecule has 3 aromatic rings. The Balaban J connectivity index is 2.08. The van der Waals surface area contributed by atoms with Crippen molar-refractivity contribution in [2.45, 2.75) is 45.7 Å². The van der Waals surface area contributed by atoms with Crippen LogP contribution in [0.1, 0.15) is 36.5 Å². The largest absolute Gasteiger partial charge is 0.497 e. The Morgan fingerprint density at radius 3 is 2.26 bits per heavy atom. The number of anilines is 1. The van der Waals surface area contributed by atoms with E-state index in [0.29, 0.717) is 12.3 Å². The highest BCUT2D eigenvalue weighted by molar-refractivity contribution is 7.92. The molecule has 0 bridgehead atoms. The first kappa shape index (κ1) is 32.5. The average molecular weight is 596 g/mol. The number of rotatable bonds is 15. The summed E-state index contributed by atoms with van der Waals surface area (Å²) in [6, 6.07) is 20.9. The van der Waals surface area contributed by atoms with Crippen LogP contribution >= 0.6 is 0 Å². The molecular formula is C32H41N3O6S. The molecule has 10 heteroatoms. The lowest BCUT2D eigenvalue weighted by Gasteiger charge is -2.34. The predicted molar refractivity (Wildman–Crippen MR) is 165 cm³/mol. The molecule has 0 spiro atoms. The van der Waals surface area contributed by atoms with Crippen LogP contribution in [-0.2, 0) is 32.6 Å². The molecule has 0 aliphatic heterocycles. The van der Waals surface area contributed by atoms with Crippen LogP contribution in [0.5, 0.6) is 11.5 Å². The molecule has 2 amide bonds. The standard InChI is InChI=1S/C32H41N3O6S/c1-6-7-19-33-32(37)29(20-25-14-9-8-10-15-25)34(22-26-16-12-11-13-24(26)2)31(36)23-35(42(5,38)39)28-18-17-27(40-3)21-30(28)41-4/h8-18,21,29H,6-7,19-20,22-23H2,1-5H3,(H,33,37). The first-order chi connectivity index (χ1) is 20.1. The molecule has 0 fully saturated rings. The highest BCUT2D eigenvalue weighted by Crippen LogP contribution is 2.34. The van der Waals surface area contributed by atoms with E-state index in [4.69, 9.17) is 9.47 Å². The number of nitrogens with zero attached hydrogens (tertiary/aromatic N) is 2. The van der Waals surface area contributed by atoms with Gasteiger partial charge in [-0.3, -0.25) is 13.9 Å². The summed E-state index contributed by atoms with van der Waals surface area (Å²) < 4.78 is 37.9. The number of nitrogens with one attached hydrogen (secondary N) is 1. The van der Waals surface area contributed by atoms with Crippen LogP contribution in [0.4, 0.5) is 5.69 Å². The summed E-state index contributed by atoms with van der Waals surface area (Å²) in [6.45, 7) is 4.05. The van der Waals surface area contributed by atoms with Gasteiger partial charge in [0.1, 0.15) is 24.1 Å². The fourth-order valence-electron chi connectivity index (χ4n) is 4.62. The van der Waals surface area contributed by atoms with Crippen LogP contribution in [0.3, 0.4) is 0 Å². The highest BCUT2D eigenvalue weighted by Gasteiger charge is 2.34. The second kappa shape index (κ2) is 15.3. The van der Waals surface area contributed by atoms with Crippen molar-refractivity contribution in [3.05, 3.63) is 89.5 Å². The number of carbonyl (C=O) groups excluding carboxylic acids is 2. The van der Waals surface area contributed by atoms with Crippen LogP contribution in [0.2, 0.25) is 0 Å². The third-order valence-electron chi connectivity index (χ3n) is 7.04. The number of ether oxygens (including phenoxy) is 2. The Morgan fingerprint density at radius 1 is 0.952 bits per heavy atom. The summed E-state index contributed by atoms with van der Waals surface area (Å²) in [6.07, 6.45) is 3.01. The zero-order valence-electron chi connectivity index (χ0n) is 25.0. The van der Waals surface area contributed by atoms with Crippen LogP contribution in [0, 0.1) is 6.92 Å². The summed E-state index contributed by atoms with van der Waals surface area (Å²) in [4.78, 5) is 29.4. The fourth-order valence-corrected chi connectivity index (χ4v) is 5.47. The Morgan fingerprint density at radius 2 is 1.64 bits per heavy atom. The summed E-state index contributed by atoms with van der Waals surface area (Å²) in [7, 11) is -1.03. The molecule has 0 heterocycles. The van der Waals surface area contributed by atoms with Gasteiger partial charge in [0.25, 0.3) is 0 Å². The van der Waals surface area contributed by atoms with Gasteiger partial charge in [-0.1, -0.05) is 67.9 Å². The van der Waals surface area contributed by atoms with Crippen LogP contribution in [-0.4, -0.2) is 64.7 Å². The molecule has 0 aliphatic carbocycles. The lowest BCUT2D eigenvalue weighted by Crippen LogP contribution is -2.53. The first-order valence-corrected chi connectivity index (χ1v) is 15.8. The van der Waals surface area contributed by atoms with Crippen molar-refractivity contribution in [3.63, 3.8) is 0 Å². The van der Waals surface area contributed by atoms with E-state index < -0.39 is 28.5 Å². The van der Waals surface area contributed by atoms with Gasteiger partial charge in [0.15, 0.2) is 0 Å². The maximum Gasteiger partial charge on any atom is 0.244 e. The minimum Gasteiger partial charge on any atom is -0.497 e. The van der Waals surface area contributed by atoms with E-state index in [9.17, 15) is 18.0 Å². The minimum absolute atomic E-state index is 0.127. The maximum absolute atomic E-state index is 14.3. The highest BCUT2D eigenvalue weighted by atomic mass is 32.2. The molecule has 1 unspecified atom stereocenters. The van der Waals surface area contributed by atoms with Gasteiger partial charge < -0.3 is 19.7 Å². The quantitative estimate of drug-likeness (QED) is 0.262. The summed E-state index contributed by atoms with van der Waals surface area (Å²) >= 11 is 0. The normalized spacial score (nSPS) is 11.8. The van der Waals surface area contributed by atoms with E-state index in [1.54, 1.807) is 12.1 Å². The molecule has 0 aliphatic rings. The summed E-state index contributed by atoms with van der Waals surface area (Å²) in [5.74, 6) is -0.102. The minimum atomic E-state index is -3.94. The lowest BCUT2D eigenvalue weighted by atomic mass is 10.0. The Labute approximate surface area is 249 Å². The monoisotopic (exact) mass is 595 g/mol. The number of unbranched alkanes of at least 4 members (excludes halogenated alkanes) is 1. The van der Waals surface area contributed by atoms with E-state index in [-0.39, 0.29) is 30.3 Å². The molecule has 0 aromatic heterocycles. The van der Waals surface area contributed by atoms with Gasteiger partial charge >= 0.3 is 0 Å². The van der Waals surface area contributed by atoms with Gasteiger partial charge in [0.2, 0.25) is 21.8 Å². The molecule has 0 radical (unpaired) electrons. The predicted octanol–water partition coefficient (Wildman–Crippen LogP) is 4.33. The number of aryl methyl sites for hydroxylation is 1. The Hall–Kier alpha value is -4.05. The number of sulfonamides is 1. The molecule has 1 atom stereocenters. The van der Waals surface area contributed by atoms with Crippen molar-refractivity contribution >= 4 is 27.5 Å². The Kier molecular flexibility index (Phi) is 11.8. The second-order valence-electron chi connectivity index (χ2n) is 10.1. The van der Waals surface area contributed by atoms with E-state index >= 15 is 0 Å². The van der Waals surface area contributed by atoms with Crippen molar-refractivity contribution in [2.24, 2.45) is 0 Å². The molecule has 9 nitrogen and oxygen atoms in total. The Bertz CT molecular complexity index is 1450. The second-order valence-corrected chi connectivity index (χ2v) is 12.0. The molecule has 226 valence electrons. The van der Waals surface area contributed by atoms with E-state index in [2.05, 4.69) is 5.32 Å². The van der Waals surface area contributed by atoms with Crippen molar-refractivity contribution in [1.29, 1.82) is 0 Å². The SMILES string of the molecule is CCCCNC(=O)C(Cc1ccccc1)N(Cc1ccccc1C)C(=O)CN(c1ccc(OC)cc1OC)S(C)(=O)=O. The third kappa shape index (κ3) is 8.72. The molecule has 3 aromatic carbocycles. The smallest absolute Gasteiger partial charge is 0.244 e.